The molecule has 1 aliphatic rings. The summed E-state index contributed by atoms with van der Waals surface area (Å²) < 4.78 is 7.20. The highest BCUT2D eigenvalue weighted by atomic mass is 32.2. The van der Waals surface area contributed by atoms with Crippen molar-refractivity contribution >= 4 is 23.3 Å². The first-order valence-electron chi connectivity index (χ1n) is 9.61. The molecule has 0 unspecified atom stereocenters. The fraction of sp³-hybridized carbons (Fsp3) is 0.400. The summed E-state index contributed by atoms with van der Waals surface area (Å²) in [5, 5.41) is 13.7. The van der Waals surface area contributed by atoms with Gasteiger partial charge in [-0.05, 0) is 62.6 Å². The third-order valence-electron chi connectivity index (χ3n) is 4.73. The summed E-state index contributed by atoms with van der Waals surface area (Å²) in [4.78, 5) is 14.4. The monoisotopic (exact) mass is 397 g/mol. The van der Waals surface area contributed by atoms with Crippen LogP contribution in [0.2, 0.25) is 0 Å². The van der Waals surface area contributed by atoms with Gasteiger partial charge in [0.2, 0.25) is 11.1 Å². The average molecular weight is 398 g/mol. The molecule has 0 saturated carbocycles. The summed E-state index contributed by atoms with van der Waals surface area (Å²) in [6.45, 7) is 4.33. The Kier molecular flexibility index (Phi) is 5.76. The number of fused-ring (bicyclic) bond motifs is 1. The molecule has 1 saturated heterocycles. The van der Waals surface area contributed by atoms with E-state index in [0.29, 0.717) is 23.2 Å². The highest BCUT2D eigenvalue weighted by molar-refractivity contribution is 7.99. The predicted molar refractivity (Wildman–Crippen MR) is 109 cm³/mol. The van der Waals surface area contributed by atoms with Crippen molar-refractivity contribution in [3.05, 3.63) is 36.4 Å². The Morgan fingerprint density at radius 1 is 1.07 bits per heavy atom. The zero-order valence-corrected chi connectivity index (χ0v) is 16.7. The second kappa shape index (κ2) is 8.60. The molecule has 0 N–H and O–H groups in total. The second-order valence-electron chi connectivity index (χ2n) is 6.66. The molecular weight excluding hydrogens is 374 g/mol. The maximum atomic E-state index is 12.4. The van der Waals surface area contributed by atoms with Crippen molar-refractivity contribution in [2.45, 2.75) is 31.3 Å². The van der Waals surface area contributed by atoms with Crippen LogP contribution >= 0.6 is 11.8 Å². The van der Waals surface area contributed by atoms with Gasteiger partial charge in [-0.3, -0.25) is 4.79 Å². The minimum absolute atomic E-state index is 0.157. The normalized spacial score (nSPS) is 14.4. The quantitative estimate of drug-likeness (QED) is 0.594. The Morgan fingerprint density at radius 2 is 1.86 bits per heavy atom. The molecule has 1 fully saturated rings. The van der Waals surface area contributed by atoms with Crippen LogP contribution in [-0.2, 0) is 4.79 Å². The molecule has 28 heavy (non-hydrogen) atoms. The Morgan fingerprint density at radius 3 is 2.61 bits per heavy atom. The molecule has 1 aromatic carbocycles. The van der Waals surface area contributed by atoms with Crippen LogP contribution in [0.5, 0.6) is 5.75 Å². The van der Waals surface area contributed by atoms with Crippen LogP contribution in [0.3, 0.4) is 0 Å². The van der Waals surface area contributed by atoms with Crippen LogP contribution in [0.25, 0.3) is 16.9 Å². The van der Waals surface area contributed by atoms with E-state index in [4.69, 9.17) is 4.74 Å². The maximum absolute atomic E-state index is 12.4. The maximum Gasteiger partial charge on any atom is 0.233 e. The summed E-state index contributed by atoms with van der Waals surface area (Å²) in [6.07, 6.45) is 3.40. The van der Waals surface area contributed by atoms with Crippen LogP contribution in [0.4, 0.5) is 0 Å². The van der Waals surface area contributed by atoms with Crippen LogP contribution in [0.1, 0.15) is 26.2 Å². The van der Waals surface area contributed by atoms with Crippen molar-refractivity contribution in [1.82, 2.24) is 24.7 Å². The number of carbonyl (C=O) groups is 1. The molecule has 0 bridgehead atoms. The number of benzene rings is 1. The molecule has 8 heteroatoms. The number of hydrogen-bond donors (Lipinski definition) is 0. The summed E-state index contributed by atoms with van der Waals surface area (Å²) >= 11 is 1.39. The van der Waals surface area contributed by atoms with Gasteiger partial charge in [-0.15, -0.1) is 10.2 Å². The Bertz CT molecular complexity index is 951. The molecule has 1 amide bonds. The number of likely N-dealkylation sites (tertiary alicyclic amines) is 1. The summed E-state index contributed by atoms with van der Waals surface area (Å²) in [7, 11) is 0. The molecular formula is C20H23N5O2S. The lowest BCUT2D eigenvalue weighted by molar-refractivity contribution is -0.129. The molecule has 3 heterocycles. The van der Waals surface area contributed by atoms with Gasteiger partial charge in [0, 0.05) is 18.7 Å². The molecule has 2 aromatic heterocycles. The number of amides is 1. The van der Waals surface area contributed by atoms with Gasteiger partial charge in [-0.25, -0.2) is 0 Å². The first-order valence-corrected chi connectivity index (χ1v) is 10.6. The number of ether oxygens (including phenoxy) is 1. The molecule has 146 valence electrons. The lowest BCUT2D eigenvalue weighted by atomic mass is 10.1. The number of thioether (sulfide) groups is 1. The molecule has 4 rings (SSSR count). The smallest absolute Gasteiger partial charge is 0.233 e. The van der Waals surface area contributed by atoms with Gasteiger partial charge in [-0.1, -0.05) is 11.8 Å². The fourth-order valence-electron chi connectivity index (χ4n) is 3.26. The van der Waals surface area contributed by atoms with Crippen LogP contribution < -0.4 is 4.74 Å². The Hall–Kier alpha value is -2.61. The minimum Gasteiger partial charge on any atom is -0.494 e. The number of hydrogen-bond acceptors (Lipinski definition) is 6. The van der Waals surface area contributed by atoms with Crippen LogP contribution in [0.15, 0.2) is 41.6 Å². The first kappa shape index (κ1) is 18.7. The molecule has 0 aliphatic carbocycles. The molecule has 3 aromatic rings. The SMILES string of the molecule is CCOc1ccc(-c2ccc3nnc(SCC(=O)N4CCCCC4)n3n2)cc1. The number of piperidine rings is 1. The largest absolute Gasteiger partial charge is 0.494 e. The van der Waals surface area contributed by atoms with E-state index in [0.717, 1.165) is 42.9 Å². The molecule has 0 radical (unpaired) electrons. The minimum atomic E-state index is 0.157. The third kappa shape index (κ3) is 4.11. The first-order chi connectivity index (χ1) is 13.7. The highest BCUT2D eigenvalue weighted by Crippen LogP contribution is 2.23. The van der Waals surface area contributed by atoms with Crippen LogP contribution in [-0.4, -0.2) is 56.1 Å². The van der Waals surface area contributed by atoms with Gasteiger partial charge in [0.05, 0.1) is 18.1 Å². The van der Waals surface area contributed by atoms with E-state index in [1.54, 1.807) is 4.52 Å². The molecule has 0 atom stereocenters. The predicted octanol–water partition coefficient (Wildman–Crippen LogP) is 3.29. The van der Waals surface area contributed by atoms with E-state index in [-0.39, 0.29) is 5.91 Å². The van der Waals surface area contributed by atoms with Crippen molar-refractivity contribution in [2.75, 3.05) is 25.4 Å². The van der Waals surface area contributed by atoms with Gasteiger partial charge < -0.3 is 9.64 Å². The van der Waals surface area contributed by atoms with E-state index in [1.807, 2.05) is 48.2 Å². The Labute approximate surface area is 168 Å². The zero-order valence-electron chi connectivity index (χ0n) is 15.9. The summed E-state index contributed by atoms with van der Waals surface area (Å²) in [5.41, 5.74) is 2.47. The highest BCUT2D eigenvalue weighted by Gasteiger charge is 2.18. The lowest BCUT2D eigenvalue weighted by Gasteiger charge is -2.26. The average Bonchev–Trinajstić information content (AvgIpc) is 3.15. The topological polar surface area (TPSA) is 72.6 Å². The van der Waals surface area contributed by atoms with E-state index >= 15 is 0 Å². The zero-order chi connectivity index (χ0) is 19.3. The molecule has 0 spiro atoms. The van der Waals surface area contributed by atoms with E-state index in [9.17, 15) is 4.79 Å². The number of rotatable bonds is 6. The molecule has 1 aliphatic heterocycles. The molecule has 7 nitrogen and oxygen atoms in total. The van der Waals surface area contributed by atoms with Gasteiger partial charge in [0.1, 0.15) is 5.75 Å². The number of aromatic nitrogens is 4. The Balaban J connectivity index is 1.50. The van der Waals surface area contributed by atoms with E-state index in [1.165, 1.54) is 18.2 Å². The summed E-state index contributed by atoms with van der Waals surface area (Å²) in [6, 6.07) is 11.6. The van der Waals surface area contributed by atoms with Crippen LogP contribution in [0, 0.1) is 0 Å². The van der Waals surface area contributed by atoms with Gasteiger partial charge in [-0.2, -0.15) is 9.61 Å². The number of nitrogens with zero attached hydrogens (tertiary/aromatic N) is 5. The van der Waals surface area contributed by atoms with Gasteiger partial charge in [0.25, 0.3) is 0 Å². The van der Waals surface area contributed by atoms with Crippen molar-refractivity contribution in [2.24, 2.45) is 0 Å². The number of carbonyl (C=O) groups excluding carboxylic acids is 1. The third-order valence-corrected chi connectivity index (χ3v) is 5.63. The van der Waals surface area contributed by atoms with E-state index < -0.39 is 0 Å². The van der Waals surface area contributed by atoms with Crippen molar-refractivity contribution < 1.29 is 9.53 Å². The lowest BCUT2D eigenvalue weighted by Crippen LogP contribution is -2.36. The van der Waals surface area contributed by atoms with Gasteiger partial charge >= 0.3 is 0 Å². The van der Waals surface area contributed by atoms with E-state index in [2.05, 4.69) is 15.3 Å². The van der Waals surface area contributed by atoms with Gasteiger partial charge in [0.15, 0.2) is 5.65 Å². The van der Waals surface area contributed by atoms with Crippen molar-refractivity contribution in [3.8, 4) is 17.0 Å². The van der Waals surface area contributed by atoms with Crippen molar-refractivity contribution in [3.63, 3.8) is 0 Å². The second-order valence-corrected chi connectivity index (χ2v) is 7.60. The van der Waals surface area contributed by atoms with Crippen molar-refractivity contribution in [1.29, 1.82) is 0 Å². The summed E-state index contributed by atoms with van der Waals surface area (Å²) in [5.74, 6) is 1.35. The fourth-order valence-corrected chi connectivity index (χ4v) is 4.05. The standard InChI is InChI=1S/C20H23N5O2S/c1-2-27-16-8-6-15(7-9-16)17-10-11-18-21-22-20(25(18)23-17)28-14-19(26)24-12-4-3-5-13-24/h6-11H,2-5,12-14H2,1H3.